The lowest BCUT2D eigenvalue weighted by atomic mass is 10.2. The van der Waals surface area contributed by atoms with Crippen molar-refractivity contribution in [1.82, 2.24) is 0 Å². The Morgan fingerprint density at radius 2 is 2.21 bits per heavy atom. The zero-order valence-corrected chi connectivity index (χ0v) is 8.82. The van der Waals surface area contributed by atoms with E-state index in [2.05, 4.69) is 0 Å². The summed E-state index contributed by atoms with van der Waals surface area (Å²) in [7, 11) is 3.97. The van der Waals surface area contributed by atoms with Crippen LogP contribution in [-0.2, 0) is 11.3 Å². The normalized spacial score (nSPS) is 9.93. The van der Waals surface area contributed by atoms with Crippen LogP contribution in [0.3, 0.4) is 0 Å². The average molecular weight is 194 g/mol. The molecule has 1 aromatic heterocycles. The summed E-state index contributed by atoms with van der Waals surface area (Å²) in [6.45, 7) is 2.24. The van der Waals surface area contributed by atoms with Gasteiger partial charge < -0.3 is 10.6 Å². The first-order valence-electron chi connectivity index (χ1n) is 4.46. The molecule has 0 spiro atoms. The second kappa shape index (κ2) is 4.09. The Morgan fingerprint density at radius 3 is 2.64 bits per heavy atom. The molecule has 1 aromatic rings. The van der Waals surface area contributed by atoms with Crippen LogP contribution in [0.15, 0.2) is 18.5 Å². The summed E-state index contributed by atoms with van der Waals surface area (Å²) in [5, 5.41) is 0. The van der Waals surface area contributed by atoms with Crippen molar-refractivity contribution in [3.63, 3.8) is 0 Å². The van der Waals surface area contributed by atoms with Gasteiger partial charge >= 0.3 is 0 Å². The molecule has 2 N–H and O–H groups in total. The van der Waals surface area contributed by atoms with Gasteiger partial charge in [-0.1, -0.05) is 0 Å². The van der Waals surface area contributed by atoms with Crippen LogP contribution in [0.5, 0.6) is 0 Å². The minimum Gasteiger partial charge on any atom is -0.377 e. The van der Waals surface area contributed by atoms with Gasteiger partial charge in [-0.05, 0) is 6.92 Å². The molecule has 1 heterocycles. The number of nitrogens with two attached hydrogens (primary N) is 1. The molecule has 0 saturated carbocycles. The number of carbonyl (C=O) groups excluding carboxylic acids is 1. The molecule has 0 atom stereocenters. The van der Waals surface area contributed by atoms with Crippen LogP contribution in [-0.4, -0.2) is 20.0 Å². The third-order valence-corrected chi connectivity index (χ3v) is 2.01. The summed E-state index contributed by atoms with van der Waals surface area (Å²) in [5.41, 5.74) is 7.37. The highest BCUT2D eigenvalue weighted by atomic mass is 16.1. The number of anilines is 1. The third kappa shape index (κ3) is 2.45. The highest BCUT2D eigenvalue weighted by Gasteiger charge is 2.09. The van der Waals surface area contributed by atoms with E-state index in [1.54, 1.807) is 4.57 Å². The van der Waals surface area contributed by atoms with Crippen LogP contribution in [0.2, 0.25) is 0 Å². The fraction of sp³-hybridized carbons (Fsp3) is 0.400. The van der Waals surface area contributed by atoms with Gasteiger partial charge in [0, 0.05) is 25.7 Å². The summed E-state index contributed by atoms with van der Waals surface area (Å²) < 4.78 is 1.78. The van der Waals surface area contributed by atoms with E-state index in [4.69, 9.17) is 5.73 Å². The number of amides is 1. The van der Waals surface area contributed by atoms with Crippen LogP contribution in [0.1, 0.15) is 5.56 Å². The predicted molar refractivity (Wildman–Crippen MR) is 54.9 cm³/mol. The van der Waals surface area contributed by atoms with E-state index in [1.807, 2.05) is 44.4 Å². The fourth-order valence-corrected chi connectivity index (χ4v) is 1.44. The standard InChI is InChI=1S/C10H15N3O/c1-8-6-13(7-10(11)14)5-4-9(8)12(2)3/h4-6H,7H2,1-3H3,(H-,11,14)/p+1. The van der Waals surface area contributed by atoms with Crippen molar-refractivity contribution >= 4 is 11.6 Å². The molecule has 14 heavy (non-hydrogen) atoms. The van der Waals surface area contributed by atoms with Crippen molar-refractivity contribution in [1.29, 1.82) is 0 Å². The van der Waals surface area contributed by atoms with E-state index in [9.17, 15) is 4.79 Å². The average Bonchev–Trinajstić information content (AvgIpc) is 2.01. The lowest BCUT2D eigenvalue weighted by molar-refractivity contribution is -0.684. The van der Waals surface area contributed by atoms with Crippen molar-refractivity contribution in [2.45, 2.75) is 13.5 Å². The monoisotopic (exact) mass is 194 g/mol. The fourth-order valence-electron chi connectivity index (χ4n) is 1.44. The molecule has 0 aliphatic rings. The minimum atomic E-state index is -0.327. The molecule has 0 aromatic carbocycles. The van der Waals surface area contributed by atoms with E-state index < -0.39 is 0 Å². The lowest BCUT2D eigenvalue weighted by Crippen LogP contribution is -2.40. The molecule has 0 unspecified atom stereocenters. The van der Waals surface area contributed by atoms with Gasteiger partial charge in [-0.2, -0.15) is 4.57 Å². The zero-order valence-electron chi connectivity index (χ0n) is 8.82. The number of pyridine rings is 1. The van der Waals surface area contributed by atoms with Crippen molar-refractivity contribution in [3.05, 3.63) is 24.0 Å². The van der Waals surface area contributed by atoms with E-state index in [1.165, 1.54) is 0 Å². The van der Waals surface area contributed by atoms with Crippen molar-refractivity contribution in [3.8, 4) is 0 Å². The Balaban J connectivity index is 2.94. The molecule has 0 aliphatic carbocycles. The van der Waals surface area contributed by atoms with E-state index in [-0.39, 0.29) is 12.5 Å². The van der Waals surface area contributed by atoms with Gasteiger partial charge in [0.25, 0.3) is 5.91 Å². The molecule has 0 radical (unpaired) electrons. The molecule has 76 valence electrons. The SMILES string of the molecule is Cc1c[n+](CC(N)=O)ccc1N(C)C. The quantitative estimate of drug-likeness (QED) is 0.679. The van der Waals surface area contributed by atoms with Gasteiger partial charge in [0.1, 0.15) is 0 Å². The Morgan fingerprint density at radius 1 is 1.57 bits per heavy atom. The van der Waals surface area contributed by atoms with Crippen molar-refractivity contribution in [2.75, 3.05) is 19.0 Å². The topological polar surface area (TPSA) is 50.2 Å². The Hall–Kier alpha value is -1.58. The highest BCUT2D eigenvalue weighted by Crippen LogP contribution is 2.13. The maximum atomic E-state index is 10.7. The lowest BCUT2D eigenvalue weighted by Gasteiger charge is -2.13. The molecule has 1 amide bonds. The van der Waals surface area contributed by atoms with Crippen LogP contribution >= 0.6 is 0 Å². The maximum absolute atomic E-state index is 10.7. The van der Waals surface area contributed by atoms with Gasteiger partial charge in [-0.15, -0.1) is 0 Å². The molecule has 1 rings (SSSR count). The van der Waals surface area contributed by atoms with Crippen LogP contribution in [0, 0.1) is 6.92 Å². The second-order valence-electron chi connectivity index (χ2n) is 3.55. The zero-order chi connectivity index (χ0) is 10.7. The minimum absolute atomic E-state index is 0.231. The van der Waals surface area contributed by atoms with Gasteiger partial charge in [0.05, 0.1) is 5.69 Å². The number of primary amides is 1. The molecule has 0 aliphatic heterocycles. The summed E-state index contributed by atoms with van der Waals surface area (Å²) in [5.74, 6) is -0.327. The number of aromatic nitrogens is 1. The largest absolute Gasteiger partial charge is 0.377 e. The number of carbonyl (C=O) groups is 1. The van der Waals surface area contributed by atoms with Crippen LogP contribution < -0.4 is 15.2 Å². The van der Waals surface area contributed by atoms with Crippen LogP contribution in [0.4, 0.5) is 5.69 Å². The number of aryl methyl sites for hydroxylation is 1. The molecule has 0 fully saturated rings. The number of rotatable bonds is 3. The highest BCUT2D eigenvalue weighted by molar-refractivity contribution is 5.72. The third-order valence-electron chi connectivity index (χ3n) is 2.01. The second-order valence-corrected chi connectivity index (χ2v) is 3.55. The Kier molecular flexibility index (Phi) is 3.06. The van der Waals surface area contributed by atoms with Crippen molar-refractivity contribution in [2.24, 2.45) is 5.73 Å². The molecule has 0 bridgehead atoms. The molecule has 4 nitrogen and oxygen atoms in total. The van der Waals surface area contributed by atoms with Gasteiger partial charge in [0.2, 0.25) is 6.54 Å². The summed E-state index contributed by atoms with van der Waals surface area (Å²) in [4.78, 5) is 12.7. The molecule has 0 saturated heterocycles. The summed E-state index contributed by atoms with van der Waals surface area (Å²) in [6, 6.07) is 1.97. The van der Waals surface area contributed by atoms with Gasteiger partial charge in [0.15, 0.2) is 12.4 Å². The van der Waals surface area contributed by atoms with Crippen LogP contribution in [0.25, 0.3) is 0 Å². The van der Waals surface area contributed by atoms with E-state index in [0.717, 1.165) is 11.3 Å². The number of nitrogens with zero attached hydrogens (tertiary/aromatic N) is 2. The molecular weight excluding hydrogens is 178 g/mol. The van der Waals surface area contributed by atoms with Gasteiger partial charge in [-0.3, -0.25) is 4.79 Å². The number of hydrogen-bond donors (Lipinski definition) is 1. The predicted octanol–water partition coefficient (Wildman–Crippen LogP) is -0.166. The first-order valence-corrected chi connectivity index (χ1v) is 4.46. The first-order chi connectivity index (χ1) is 6.50. The summed E-state index contributed by atoms with van der Waals surface area (Å²) in [6.07, 6.45) is 3.77. The Bertz CT molecular complexity index is 347. The van der Waals surface area contributed by atoms with E-state index in [0.29, 0.717) is 0 Å². The number of hydrogen-bond acceptors (Lipinski definition) is 2. The molecule has 4 heteroatoms. The molecular formula is C10H16N3O+. The summed E-state index contributed by atoms with van der Waals surface area (Å²) >= 11 is 0. The van der Waals surface area contributed by atoms with Crippen molar-refractivity contribution < 1.29 is 9.36 Å². The Labute approximate surface area is 83.9 Å². The first kappa shape index (κ1) is 10.5. The maximum Gasteiger partial charge on any atom is 0.283 e. The van der Waals surface area contributed by atoms with E-state index >= 15 is 0 Å². The van der Waals surface area contributed by atoms with Gasteiger partial charge in [-0.25, -0.2) is 0 Å². The smallest absolute Gasteiger partial charge is 0.283 e.